The zero-order valence-electron chi connectivity index (χ0n) is 10.7. The number of hydrogen-bond acceptors (Lipinski definition) is 4. The molecule has 0 aromatic carbocycles. The van der Waals surface area contributed by atoms with Gasteiger partial charge in [-0.25, -0.2) is 0 Å². The molecule has 1 fully saturated rings. The Morgan fingerprint density at radius 2 is 2.39 bits per heavy atom. The summed E-state index contributed by atoms with van der Waals surface area (Å²) < 4.78 is 6.81. The van der Waals surface area contributed by atoms with E-state index in [0.29, 0.717) is 19.1 Å². The van der Waals surface area contributed by atoms with Crippen molar-refractivity contribution in [3.8, 4) is 0 Å². The molecule has 100 valence electrons. The van der Waals surface area contributed by atoms with Crippen LogP contribution >= 0.6 is 0 Å². The van der Waals surface area contributed by atoms with E-state index < -0.39 is 0 Å². The van der Waals surface area contributed by atoms with E-state index >= 15 is 0 Å². The Morgan fingerprint density at radius 1 is 1.61 bits per heavy atom. The lowest BCUT2D eigenvalue weighted by atomic mass is 10.1. The molecule has 0 radical (unpaired) electrons. The quantitative estimate of drug-likeness (QED) is 0.812. The monoisotopic (exact) mass is 252 g/mol. The van der Waals surface area contributed by atoms with Gasteiger partial charge in [0.05, 0.1) is 31.0 Å². The Bertz CT molecular complexity index is 385. The molecule has 2 N–H and O–H groups in total. The lowest BCUT2D eigenvalue weighted by Gasteiger charge is -2.22. The van der Waals surface area contributed by atoms with Crippen molar-refractivity contribution in [3.63, 3.8) is 0 Å². The molecule has 0 unspecified atom stereocenters. The molecular weight excluding hydrogens is 232 g/mol. The average molecular weight is 252 g/mol. The SMILES string of the molecule is COCCC(=O)Nc1cnn(C2CCNCC2)c1. The standard InChI is InChI=1S/C12H20N4O2/c1-18-7-4-12(17)15-10-8-14-16(9-10)11-2-5-13-6-3-11/h8-9,11,13H,2-7H2,1H3,(H,15,17). The summed E-state index contributed by atoms with van der Waals surface area (Å²) in [5.41, 5.74) is 0.759. The van der Waals surface area contributed by atoms with Gasteiger partial charge in [-0.2, -0.15) is 5.10 Å². The smallest absolute Gasteiger partial charge is 0.226 e. The molecule has 0 aliphatic carbocycles. The van der Waals surface area contributed by atoms with Gasteiger partial charge in [0.1, 0.15) is 0 Å². The number of nitrogens with one attached hydrogen (secondary N) is 2. The van der Waals surface area contributed by atoms with Gasteiger partial charge in [-0.3, -0.25) is 9.48 Å². The third kappa shape index (κ3) is 3.54. The van der Waals surface area contributed by atoms with Crippen molar-refractivity contribution in [1.29, 1.82) is 0 Å². The molecule has 1 amide bonds. The fraction of sp³-hybridized carbons (Fsp3) is 0.667. The molecule has 1 aromatic rings. The Hall–Kier alpha value is -1.40. The van der Waals surface area contributed by atoms with E-state index in [1.54, 1.807) is 13.3 Å². The van der Waals surface area contributed by atoms with Gasteiger partial charge in [0, 0.05) is 13.3 Å². The Balaban J connectivity index is 1.87. The van der Waals surface area contributed by atoms with E-state index in [0.717, 1.165) is 31.6 Å². The van der Waals surface area contributed by atoms with Gasteiger partial charge in [0.2, 0.25) is 5.91 Å². The molecular formula is C12H20N4O2. The number of aromatic nitrogens is 2. The first-order valence-electron chi connectivity index (χ1n) is 6.33. The lowest BCUT2D eigenvalue weighted by molar-refractivity contribution is -0.117. The predicted molar refractivity (Wildman–Crippen MR) is 68.5 cm³/mol. The van der Waals surface area contributed by atoms with Crippen LogP contribution in [0.2, 0.25) is 0 Å². The summed E-state index contributed by atoms with van der Waals surface area (Å²) in [6.07, 6.45) is 6.14. The first-order valence-corrected chi connectivity index (χ1v) is 6.33. The van der Waals surface area contributed by atoms with Gasteiger partial charge in [-0.1, -0.05) is 0 Å². The number of amides is 1. The summed E-state index contributed by atoms with van der Waals surface area (Å²) in [5.74, 6) is -0.0401. The maximum Gasteiger partial charge on any atom is 0.226 e. The van der Waals surface area contributed by atoms with E-state index in [1.165, 1.54) is 0 Å². The van der Waals surface area contributed by atoms with Crippen LogP contribution in [0.1, 0.15) is 25.3 Å². The largest absolute Gasteiger partial charge is 0.384 e. The summed E-state index contributed by atoms with van der Waals surface area (Å²) in [5, 5.41) is 10.5. The van der Waals surface area contributed by atoms with E-state index in [9.17, 15) is 4.79 Å². The van der Waals surface area contributed by atoms with Crippen LogP contribution in [-0.2, 0) is 9.53 Å². The molecule has 1 aromatic heterocycles. The first-order chi connectivity index (χ1) is 8.79. The minimum Gasteiger partial charge on any atom is -0.384 e. The van der Waals surface area contributed by atoms with Crippen LogP contribution in [0.5, 0.6) is 0 Å². The van der Waals surface area contributed by atoms with E-state index in [2.05, 4.69) is 15.7 Å². The molecule has 6 nitrogen and oxygen atoms in total. The highest BCUT2D eigenvalue weighted by atomic mass is 16.5. The number of carbonyl (C=O) groups excluding carboxylic acids is 1. The number of ether oxygens (including phenoxy) is 1. The molecule has 0 bridgehead atoms. The Morgan fingerprint density at radius 3 is 3.11 bits per heavy atom. The fourth-order valence-electron chi connectivity index (χ4n) is 2.09. The summed E-state index contributed by atoms with van der Waals surface area (Å²) in [6.45, 7) is 2.49. The van der Waals surface area contributed by atoms with Crippen LogP contribution in [0.15, 0.2) is 12.4 Å². The van der Waals surface area contributed by atoms with E-state index in [-0.39, 0.29) is 5.91 Å². The highest BCUT2D eigenvalue weighted by Crippen LogP contribution is 2.19. The summed E-state index contributed by atoms with van der Waals surface area (Å²) in [7, 11) is 1.59. The van der Waals surface area contributed by atoms with Crippen LogP contribution in [0.3, 0.4) is 0 Å². The molecule has 0 spiro atoms. The van der Waals surface area contributed by atoms with E-state index in [1.807, 2.05) is 10.9 Å². The molecule has 18 heavy (non-hydrogen) atoms. The average Bonchev–Trinajstić information content (AvgIpc) is 2.86. The fourth-order valence-corrected chi connectivity index (χ4v) is 2.09. The molecule has 2 rings (SSSR count). The third-order valence-corrected chi connectivity index (χ3v) is 3.10. The van der Waals surface area contributed by atoms with Gasteiger partial charge in [-0.05, 0) is 25.9 Å². The van der Waals surface area contributed by atoms with Crippen molar-refractivity contribution in [2.75, 3.05) is 32.1 Å². The van der Waals surface area contributed by atoms with Gasteiger partial charge in [0.25, 0.3) is 0 Å². The van der Waals surface area contributed by atoms with Gasteiger partial charge < -0.3 is 15.4 Å². The second-order valence-corrected chi connectivity index (χ2v) is 4.48. The summed E-state index contributed by atoms with van der Waals surface area (Å²) in [4.78, 5) is 11.5. The van der Waals surface area contributed by atoms with Crippen LogP contribution in [-0.4, -0.2) is 42.5 Å². The van der Waals surface area contributed by atoms with Crippen LogP contribution in [0, 0.1) is 0 Å². The highest BCUT2D eigenvalue weighted by Gasteiger charge is 2.15. The first kappa shape index (κ1) is 13.0. The maximum absolute atomic E-state index is 11.5. The second-order valence-electron chi connectivity index (χ2n) is 4.48. The molecule has 1 aliphatic rings. The van der Waals surface area contributed by atoms with Crippen LogP contribution < -0.4 is 10.6 Å². The van der Waals surface area contributed by atoms with Crippen molar-refractivity contribution >= 4 is 11.6 Å². The normalized spacial score (nSPS) is 16.7. The number of methoxy groups -OCH3 is 1. The summed E-state index contributed by atoms with van der Waals surface area (Å²) >= 11 is 0. The zero-order chi connectivity index (χ0) is 12.8. The minimum absolute atomic E-state index is 0.0401. The number of hydrogen-bond donors (Lipinski definition) is 2. The minimum atomic E-state index is -0.0401. The van der Waals surface area contributed by atoms with Crippen molar-refractivity contribution in [3.05, 3.63) is 12.4 Å². The zero-order valence-corrected chi connectivity index (χ0v) is 10.7. The molecule has 1 saturated heterocycles. The van der Waals surface area contributed by atoms with Gasteiger partial charge in [0.15, 0.2) is 0 Å². The molecule has 6 heteroatoms. The number of anilines is 1. The Kier molecular flexibility index (Phi) is 4.72. The number of carbonyl (C=O) groups is 1. The highest BCUT2D eigenvalue weighted by molar-refractivity contribution is 5.90. The van der Waals surface area contributed by atoms with Crippen molar-refractivity contribution in [2.24, 2.45) is 0 Å². The molecule has 0 atom stereocenters. The third-order valence-electron chi connectivity index (χ3n) is 3.10. The second kappa shape index (κ2) is 6.51. The van der Waals surface area contributed by atoms with Crippen LogP contribution in [0.25, 0.3) is 0 Å². The van der Waals surface area contributed by atoms with Crippen molar-refractivity contribution in [2.45, 2.75) is 25.3 Å². The number of piperidine rings is 1. The summed E-state index contributed by atoms with van der Waals surface area (Å²) in [6, 6.07) is 0.441. The maximum atomic E-state index is 11.5. The van der Waals surface area contributed by atoms with Crippen molar-refractivity contribution < 1.29 is 9.53 Å². The topological polar surface area (TPSA) is 68.2 Å². The van der Waals surface area contributed by atoms with E-state index in [4.69, 9.17) is 4.74 Å². The molecule has 2 heterocycles. The number of nitrogens with zero attached hydrogens (tertiary/aromatic N) is 2. The lowest BCUT2D eigenvalue weighted by Crippen LogP contribution is -2.29. The van der Waals surface area contributed by atoms with Crippen molar-refractivity contribution in [1.82, 2.24) is 15.1 Å². The Labute approximate surface area is 107 Å². The van der Waals surface area contributed by atoms with Gasteiger partial charge in [-0.15, -0.1) is 0 Å². The number of rotatable bonds is 5. The van der Waals surface area contributed by atoms with Crippen LogP contribution in [0.4, 0.5) is 5.69 Å². The molecule has 0 saturated carbocycles. The predicted octanol–water partition coefficient (Wildman–Crippen LogP) is 0.783. The van der Waals surface area contributed by atoms with Gasteiger partial charge >= 0.3 is 0 Å². The molecule has 1 aliphatic heterocycles.